The van der Waals surface area contributed by atoms with Crippen molar-refractivity contribution in [2.45, 2.75) is 51.7 Å². The maximum atomic E-state index is 12.9. The van der Waals surface area contributed by atoms with E-state index >= 15 is 0 Å². The molecule has 1 saturated heterocycles. The molecule has 2 aliphatic heterocycles. The first-order chi connectivity index (χ1) is 15.1. The molecule has 1 N–H and O–H groups in total. The van der Waals surface area contributed by atoms with Crippen molar-refractivity contribution >= 4 is 17.9 Å². The summed E-state index contributed by atoms with van der Waals surface area (Å²) in [7, 11) is 0. The second-order valence-electron chi connectivity index (χ2n) is 8.47. The lowest BCUT2D eigenvalue weighted by atomic mass is 9.93. The van der Waals surface area contributed by atoms with E-state index in [0.29, 0.717) is 6.54 Å². The fourth-order valence-corrected chi connectivity index (χ4v) is 4.60. The number of nitrogens with zero attached hydrogens (tertiary/aromatic N) is 2. The molecule has 31 heavy (non-hydrogen) atoms. The first-order valence-corrected chi connectivity index (χ1v) is 11.2. The molecular formula is C26H31N3O2. The van der Waals surface area contributed by atoms with Gasteiger partial charge in [-0.2, -0.15) is 0 Å². The van der Waals surface area contributed by atoms with Gasteiger partial charge in [0.1, 0.15) is 0 Å². The molecule has 0 bridgehead atoms. The molecule has 2 aliphatic rings. The number of carbonyl (C=O) groups excluding carboxylic acids is 2. The highest BCUT2D eigenvalue weighted by Gasteiger charge is 2.28. The Bertz CT molecular complexity index is 963. The quantitative estimate of drug-likeness (QED) is 0.764. The second-order valence-corrected chi connectivity index (χ2v) is 8.47. The molecule has 0 aliphatic carbocycles. The van der Waals surface area contributed by atoms with E-state index in [1.165, 1.54) is 24.8 Å². The van der Waals surface area contributed by atoms with Crippen molar-refractivity contribution in [1.82, 2.24) is 15.1 Å². The average Bonchev–Trinajstić information content (AvgIpc) is 2.79. The van der Waals surface area contributed by atoms with Crippen LogP contribution in [0.25, 0.3) is 6.08 Å². The van der Waals surface area contributed by atoms with Crippen molar-refractivity contribution in [3.05, 3.63) is 77.0 Å². The topological polar surface area (TPSA) is 52.7 Å². The fourth-order valence-electron chi connectivity index (χ4n) is 4.60. The van der Waals surface area contributed by atoms with E-state index in [1.807, 2.05) is 36.4 Å². The summed E-state index contributed by atoms with van der Waals surface area (Å²) < 4.78 is 0. The lowest BCUT2D eigenvalue weighted by Gasteiger charge is -2.32. The molecule has 5 heteroatoms. The number of likely N-dealkylation sites (tertiary alicyclic amines) is 1. The summed E-state index contributed by atoms with van der Waals surface area (Å²) in [4.78, 5) is 29.2. The minimum absolute atomic E-state index is 0.0471. The molecule has 2 aromatic carbocycles. The van der Waals surface area contributed by atoms with Gasteiger partial charge in [0, 0.05) is 26.2 Å². The molecule has 4 rings (SSSR count). The monoisotopic (exact) mass is 417 g/mol. The van der Waals surface area contributed by atoms with Gasteiger partial charge in [-0.05, 0) is 54.3 Å². The number of fused-ring (bicyclic) bond motifs is 1. The third-order valence-corrected chi connectivity index (χ3v) is 6.28. The molecule has 2 heterocycles. The zero-order valence-corrected chi connectivity index (χ0v) is 18.2. The van der Waals surface area contributed by atoms with Crippen molar-refractivity contribution in [3.63, 3.8) is 0 Å². The largest absolute Gasteiger partial charge is 0.352 e. The van der Waals surface area contributed by atoms with E-state index in [1.54, 1.807) is 18.0 Å². The van der Waals surface area contributed by atoms with Gasteiger partial charge < -0.3 is 10.2 Å². The van der Waals surface area contributed by atoms with E-state index < -0.39 is 0 Å². The number of carbonyl (C=O) groups is 2. The van der Waals surface area contributed by atoms with Crippen molar-refractivity contribution in [2.24, 2.45) is 0 Å². The Kier molecular flexibility index (Phi) is 6.82. The van der Waals surface area contributed by atoms with Gasteiger partial charge in [-0.1, -0.05) is 55.0 Å². The fraction of sp³-hybridized carbons (Fsp3) is 0.385. The van der Waals surface area contributed by atoms with Gasteiger partial charge in [-0.25, -0.2) is 0 Å². The highest BCUT2D eigenvalue weighted by Crippen LogP contribution is 2.32. The minimum Gasteiger partial charge on any atom is -0.352 e. The van der Waals surface area contributed by atoms with Gasteiger partial charge >= 0.3 is 0 Å². The van der Waals surface area contributed by atoms with Crippen LogP contribution in [0.1, 0.15) is 60.9 Å². The molecule has 0 aromatic heterocycles. The van der Waals surface area contributed by atoms with Gasteiger partial charge in [0.15, 0.2) is 0 Å². The van der Waals surface area contributed by atoms with E-state index in [2.05, 4.69) is 28.4 Å². The molecule has 1 fully saturated rings. The lowest BCUT2D eigenvalue weighted by Crippen LogP contribution is -2.35. The summed E-state index contributed by atoms with van der Waals surface area (Å²) in [6.45, 7) is 5.28. The van der Waals surface area contributed by atoms with Crippen LogP contribution in [0.15, 0.2) is 54.7 Å². The Hall–Kier alpha value is -2.92. The molecule has 0 radical (unpaired) electrons. The number of rotatable bonds is 6. The van der Waals surface area contributed by atoms with Gasteiger partial charge in [0.25, 0.3) is 0 Å². The summed E-state index contributed by atoms with van der Waals surface area (Å²) in [6, 6.07) is 16.0. The standard InChI is InChI=1S/C26H31N3O2/c1-20(30)29-16-13-21-9-5-6-12-24(21)25(29)17-26(31)27-18-22-10-3-4-11-23(22)19-28-14-7-2-8-15-28/h3-6,9-13,16,25H,2,7-8,14-15,17-19H2,1H3,(H,27,31). The van der Waals surface area contributed by atoms with Gasteiger partial charge in [-0.15, -0.1) is 0 Å². The Morgan fingerprint density at radius 3 is 2.45 bits per heavy atom. The molecule has 0 spiro atoms. The Morgan fingerprint density at radius 2 is 1.68 bits per heavy atom. The van der Waals surface area contributed by atoms with E-state index in [4.69, 9.17) is 0 Å². The Morgan fingerprint density at radius 1 is 0.968 bits per heavy atom. The number of nitrogens with one attached hydrogen (secondary N) is 1. The second kappa shape index (κ2) is 9.92. The van der Waals surface area contributed by atoms with Crippen LogP contribution in [0.4, 0.5) is 0 Å². The van der Waals surface area contributed by atoms with E-state index in [0.717, 1.165) is 36.3 Å². The molecule has 1 unspecified atom stereocenters. The van der Waals surface area contributed by atoms with Crippen LogP contribution in [0.5, 0.6) is 0 Å². The molecule has 2 aromatic rings. The van der Waals surface area contributed by atoms with Crippen LogP contribution >= 0.6 is 0 Å². The minimum atomic E-state index is -0.276. The maximum Gasteiger partial charge on any atom is 0.223 e. The zero-order valence-electron chi connectivity index (χ0n) is 18.2. The summed E-state index contributed by atoms with van der Waals surface area (Å²) >= 11 is 0. The van der Waals surface area contributed by atoms with Gasteiger partial charge in [-0.3, -0.25) is 14.5 Å². The van der Waals surface area contributed by atoms with Crippen LogP contribution in [-0.2, 0) is 22.7 Å². The van der Waals surface area contributed by atoms with Gasteiger partial charge in [0.05, 0.1) is 12.5 Å². The van der Waals surface area contributed by atoms with Crippen LogP contribution in [-0.4, -0.2) is 34.7 Å². The van der Waals surface area contributed by atoms with E-state index in [-0.39, 0.29) is 24.3 Å². The van der Waals surface area contributed by atoms with Crippen LogP contribution in [0.2, 0.25) is 0 Å². The summed E-state index contributed by atoms with van der Waals surface area (Å²) in [6.07, 6.45) is 7.82. The third kappa shape index (κ3) is 5.23. The highest BCUT2D eigenvalue weighted by atomic mass is 16.2. The molecule has 5 nitrogen and oxygen atoms in total. The first-order valence-electron chi connectivity index (χ1n) is 11.2. The van der Waals surface area contributed by atoms with Crippen molar-refractivity contribution < 1.29 is 9.59 Å². The average molecular weight is 418 g/mol. The highest BCUT2D eigenvalue weighted by molar-refractivity contribution is 5.81. The van der Waals surface area contributed by atoms with Crippen molar-refractivity contribution in [1.29, 1.82) is 0 Å². The summed E-state index contributed by atoms with van der Waals surface area (Å²) in [5.41, 5.74) is 4.51. The maximum absolute atomic E-state index is 12.9. The summed E-state index contributed by atoms with van der Waals surface area (Å²) in [5, 5.41) is 3.09. The smallest absolute Gasteiger partial charge is 0.223 e. The molecule has 1 atom stereocenters. The van der Waals surface area contributed by atoms with Crippen molar-refractivity contribution in [3.8, 4) is 0 Å². The van der Waals surface area contributed by atoms with Crippen LogP contribution in [0, 0.1) is 0 Å². The lowest BCUT2D eigenvalue weighted by molar-refractivity contribution is -0.130. The molecule has 162 valence electrons. The predicted octanol–water partition coefficient (Wildman–Crippen LogP) is 4.25. The van der Waals surface area contributed by atoms with Crippen molar-refractivity contribution in [2.75, 3.05) is 13.1 Å². The molecular weight excluding hydrogens is 386 g/mol. The normalized spacial score (nSPS) is 18.5. The SMILES string of the molecule is CC(=O)N1C=Cc2ccccc2C1CC(=O)NCc1ccccc1CN1CCCCC1. The van der Waals surface area contributed by atoms with E-state index in [9.17, 15) is 9.59 Å². The Balaban J connectivity index is 1.41. The molecule has 2 amide bonds. The molecule has 0 saturated carbocycles. The predicted molar refractivity (Wildman–Crippen MR) is 123 cm³/mol. The number of piperidine rings is 1. The number of hydrogen-bond acceptors (Lipinski definition) is 3. The first kappa shape index (κ1) is 21.3. The van der Waals surface area contributed by atoms with Crippen LogP contribution in [0.3, 0.4) is 0 Å². The number of benzene rings is 2. The summed E-state index contributed by atoms with van der Waals surface area (Å²) in [5.74, 6) is -0.107. The zero-order chi connectivity index (χ0) is 21.6. The van der Waals surface area contributed by atoms with Gasteiger partial charge in [0.2, 0.25) is 11.8 Å². The Labute approximate surface area is 184 Å². The third-order valence-electron chi connectivity index (χ3n) is 6.28. The van der Waals surface area contributed by atoms with Crippen LogP contribution < -0.4 is 5.32 Å². The number of amides is 2. The number of hydrogen-bond donors (Lipinski definition) is 1.